The van der Waals surface area contributed by atoms with Crippen LogP contribution in [0.4, 0.5) is 0 Å². The number of hydrogen-bond acceptors (Lipinski definition) is 4. The molecule has 1 heterocycles. The highest BCUT2D eigenvalue weighted by molar-refractivity contribution is 8.22. The van der Waals surface area contributed by atoms with Crippen LogP contribution in [0.15, 0.2) is 39.5 Å². The van der Waals surface area contributed by atoms with Crippen molar-refractivity contribution in [2.24, 2.45) is 0 Å². The van der Waals surface area contributed by atoms with Crippen LogP contribution in [0, 0.1) is 0 Å². The number of thiocarbonyl (C=S) groups is 1. The van der Waals surface area contributed by atoms with Crippen molar-refractivity contribution in [2.75, 3.05) is 0 Å². The van der Waals surface area contributed by atoms with Gasteiger partial charge < -0.3 is 9.32 Å². The van der Waals surface area contributed by atoms with Gasteiger partial charge in [-0.05, 0) is 39.8 Å². The highest BCUT2D eigenvalue weighted by atomic mass is 32.2. The van der Waals surface area contributed by atoms with Crippen molar-refractivity contribution in [3.8, 4) is 0 Å². The fourth-order valence-electron chi connectivity index (χ4n) is 2.45. The summed E-state index contributed by atoms with van der Waals surface area (Å²) < 4.78 is 6.63. The lowest BCUT2D eigenvalue weighted by molar-refractivity contribution is 0.303. The van der Waals surface area contributed by atoms with Crippen molar-refractivity contribution in [3.05, 3.63) is 46.3 Å². The van der Waals surface area contributed by atoms with E-state index < -0.39 is 0 Å². The molecule has 0 atom stereocenters. The van der Waals surface area contributed by atoms with E-state index in [2.05, 4.69) is 32.6 Å². The molecule has 0 aliphatic heterocycles. The van der Waals surface area contributed by atoms with Crippen molar-refractivity contribution < 1.29 is 4.42 Å². The molecule has 3 nitrogen and oxygen atoms in total. The Morgan fingerprint density at radius 3 is 2.50 bits per heavy atom. The van der Waals surface area contributed by atoms with Gasteiger partial charge >= 0.3 is 0 Å². The molecule has 1 aromatic carbocycles. The van der Waals surface area contributed by atoms with E-state index in [1.807, 2.05) is 18.2 Å². The Bertz CT molecular complexity index is 714. The van der Waals surface area contributed by atoms with Crippen LogP contribution in [-0.2, 0) is 5.75 Å². The second-order valence-electron chi connectivity index (χ2n) is 5.72. The van der Waals surface area contributed by atoms with Gasteiger partial charge in [0.1, 0.15) is 15.7 Å². The fraction of sp³-hybridized carbons (Fsp3) is 0.412. The summed E-state index contributed by atoms with van der Waals surface area (Å²) >= 11 is 7.06. The van der Waals surface area contributed by atoms with Crippen LogP contribution < -0.4 is 5.43 Å². The van der Waals surface area contributed by atoms with Crippen LogP contribution >= 0.6 is 24.0 Å². The first-order valence-corrected chi connectivity index (χ1v) is 8.76. The Morgan fingerprint density at radius 1 is 1.23 bits per heavy atom. The number of hydrogen-bond donors (Lipinski definition) is 0. The first-order valence-electron chi connectivity index (χ1n) is 7.37. The van der Waals surface area contributed by atoms with Gasteiger partial charge in [-0.3, -0.25) is 4.79 Å². The molecule has 1 aromatic heterocycles. The SMILES string of the molecule is CC(C)N(C(=S)SCc1cc(=O)c2ccccc2o1)C(C)C. The summed E-state index contributed by atoms with van der Waals surface area (Å²) in [6, 6.07) is 9.57. The first kappa shape index (κ1) is 17.0. The molecule has 0 bridgehead atoms. The molecule has 0 saturated heterocycles. The predicted octanol–water partition coefficient (Wildman–Crippen LogP) is 4.43. The molecule has 0 aliphatic carbocycles. The number of fused-ring (bicyclic) bond motifs is 1. The first-order chi connectivity index (χ1) is 10.4. The third kappa shape index (κ3) is 3.90. The van der Waals surface area contributed by atoms with E-state index in [0.717, 1.165) is 4.32 Å². The van der Waals surface area contributed by atoms with Gasteiger partial charge in [0.05, 0.1) is 11.1 Å². The van der Waals surface area contributed by atoms with E-state index in [4.69, 9.17) is 16.6 Å². The van der Waals surface area contributed by atoms with Crippen molar-refractivity contribution >= 4 is 39.3 Å². The third-order valence-electron chi connectivity index (χ3n) is 3.35. The van der Waals surface area contributed by atoms with E-state index in [1.54, 1.807) is 12.1 Å². The molecule has 0 aliphatic rings. The van der Waals surface area contributed by atoms with Gasteiger partial charge in [-0.2, -0.15) is 0 Å². The lowest BCUT2D eigenvalue weighted by Gasteiger charge is -2.32. The molecule has 118 valence electrons. The zero-order chi connectivity index (χ0) is 16.3. The summed E-state index contributed by atoms with van der Waals surface area (Å²) in [5.41, 5.74) is 0.619. The molecular weight excluding hydrogens is 314 g/mol. The van der Waals surface area contributed by atoms with Crippen LogP contribution in [0.1, 0.15) is 33.5 Å². The Hall–Kier alpha value is -1.33. The summed E-state index contributed by atoms with van der Waals surface area (Å²) in [6.45, 7) is 8.51. The number of rotatable bonds is 4. The van der Waals surface area contributed by atoms with Crippen LogP contribution in [0.3, 0.4) is 0 Å². The van der Waals surface area contributed by atoms with E-state index in [1.165, 1.54) is 11.8 Å². The molecule has 0 fully saturated rings. The zero-order valence-corrected chi connectivity index (χ0v) is 15.0. The van der Waals surface area contributed by atoms with Gasteiger partial charge in [-0.25, -0.2) is 0 Å². The molecule has 5 heteroatoms. The molecule has 0 N–H and O–H groups in total. The molecular formula is C17H21NO2S2. The van der Waals surface area contributed by atoms with Gasteiger partial charge in [0, 0.05) is 18.2 Å². The monoisotopic (exact) mass is 335 g/mol. The standard InChI is InChI=1S/C17H21NO2S2/c1-11(2)18(12(3)4)17(21)22-10-13-9-15(19)14-7-5-6-8-16(14)20-13/h5-9,11-12H,10H2,1-4H3. The molecule has 22 heavy (non-hydrogen) atoms. The number of thioether (sulfide) groups is 1. The van der Waals surface area contributed by atoms with Gasteiger partial charge in [-0.15, -0.1) is 0 Å². The number of benzene rings is 1. The van der Waals surface area contributed by atoms with Gasteiger partial charge in [-0.1, -0.05) is 36.1 Å². The Labute approximate surface area is 140 Å². The molecule has 0 radical (unpaired) electrons. The van der Waals surface area contributed by atoms with Gasteiger partial charge in [0.25, 0.3) is 0 Å². The summed E-state index contributed by atoms with van der Waals surface area (Å²) in [4.78, 5) is 14.3. The van der Waals surface area contributed by atoms with Gasteiger partial charge in [0.2, 0.25) is 0 Å². The van der Waals surface area contributed by atoms with E-state index >= 15 is 0 Å². The predicted molar refractivity (Wildman–Crippen MR) is 98.5 cm³/mol. The number of para-hydroxylation sites is 1. The summed E-state index contributed by atoms with van der Waals surface area (Å²) in [5, 5.41) is 0.616. The molecule has 2 aromatic rings. The van der Waals surface area contributed by atoms with Gasteiger partial charge in [0.15, 0.2) is 5.43 Å². The van der Waals surface area contributed by atoms with E-state index in [9.17, 15) is 4.79 Å². The average Bonchev–Trinajstić information content (AvgIpc) is 2.44. The average molecular weight is 335 g/mol. The van der Waals surface area contributed by atoms with E-state index in [-0.39, 0.29) is 5.43 Å². The van der Waals surface area contributed by atoms with Crippen molar-refractivity contribution in [2.45, 2.75) is 45.5 Å². The lowest BCUT2D eigenvalue weighted by Crippen LogP contribution is -2.39. The maximum atomic E-state index is 12.1. The Balaban J connectivity index is 2.15. The topological polar surface area (TPSA) is 33.5 Å². The highest BCUT2D eigenvalue weighted by Gasteiger charge is 2.17. The van der Waals surface area contributed by atoms with Crippen LogP contribution in [0.2, 0.25) is 0 Å². The Kier molecular flexibility index (Phi) is 5.64. The molecule has 0 amide bonds. The maximum absolute atomic E-state index is 12.1. The maximum Gasteiger partial charge on any atom is 0.192 e. The Morgan fingerprint density at radius 2 is 1.86 bits per heavy atom. The van der Waals surface area contributed by atoms with Crippen LogP contribution in [0.5, 0.6) is 0 Å². The van der Waals surface area contributed by atoms with Crippen molar-refractivity contribution in [3.63, 3.8) is 0 Å². The normalized spacial score (nSPS) is 11.4. The van der Waals surface area contributed by atoms with Crippen LogP contribution in [0.25, 0.3) is 11.0 Å². The molecule has 0 saturated carbocycles. The fourth-order valence-corrected chi connectivity index (χ4v) is 4.03. The van der Waals surface area contributed by atoms with Crippen molar-refractivity contribution in [1.82, 2.24) is 4.90 Å². The summed E-state index contributed by atoms with van der Waals surface area (Å²) in [6.07, 6.45) is 0. The molecule has 0 spiro atoms. The minimum absolute atomic E-state index is 0.00653. The largest absolute Gasteiger partial charge is 0.460 e. The molecule has 2 rings (SSSR count). The second-order valence-corrected chi connectivity index (χ2v) is 7.33. The minimum atomic E-state index is -0.00653. The highest BCUT2D eigenvalue weighted by Crippen LogP contribution is 2.21. The van der Waals surface area contributed by atoms with Crippen molar-refractivity contribution in [1.29, 1.82) is 0 Å². The second kappa shape index (κ2) is 7.29. The smallest absolute Gasteiger partial charge is 0.192 e. The zero-order valence-electron chi connectivity index (χ0n) is 13.3. The molecule has 0 unspecified atom stereocenters. The van der Waals surface area contributed by atoms with E-state index in [0.29, 0.717) is 34.6 Å². The quantitative estimate of drug-likeness (QED) is 0.772. The summed E-state index contributed by atoms with van der Waals surface area (Å²) in [7, 11) is 0. The van der Waals surface area contributed by atoms with Crippen LogP contribution in [-0.4, -0.2) is 21.3 Å². The summed E-state index contributed by atoms with van der Waals surface area (Å²) in [5.74, 6) is 1.22. The third-order valence-corrected chi connectivity index (χ3v) is 4.80. The minimum Gasteiger partial charge on any atom is -0.460 e. The number of nitrogens with zero attached hydrogens (tertiary/aromatic N) is 1. The lowest BCUT2D eigenvalue weighted by atomic mass is 10.2.